The summed E-state index contributed by atoms with van der Waals surface area (Å²) < 4.78 is 5.86. The third kappa shape index (κ3) is 3.28. The maximum Gasteiger partial charge on any atom is 0.230 e. The highest BCUT2D eigenvalue weighted by atomic mass is 16.5. The SMILES string of the molecule is Cc1ccc2cccc(OCc3nc(N)nc(N(C)C)n3)c2n1. The van der Waals surface area contributed by atoms with Crippen molar-refractivity contribution in [1.82, 2.24) is 19.9 Å². The second-order valence-electron chi connectivity index (χ2n) is 5.37. The van der Waals surface area contributed by atoms with E-state index in [0.29, 0.717) is 17.5 Å². The standard InChI is InChI=1S/C16H18N6O/c1-10-7-8-11-5-4-6-12(14(11)18-10)23-9-13-19-15(17)21-16(20-13)22(2)3/h4-8H,9H2,1-3H3,(H2,17,19,20,21). The molecule has 7 heteroatoms. The molecule has 118 valence electrons. The molecular formula is C16H18N6O. The highest BCUT2D eigenvalue weighted by Crippen LogP contribution is 2.24. The summed E-state index contributed by atoms with van der Waals surface area (Å²) in [5.74, 6) is 1.85. The number of ether oxygens (including phenoxy) is 1. The number of nitrogen functional groups attached to an aromatic ring is 1. The van der Waals surface area contributed by atoms with Gasteiger partial charge in [0.05, 0.1) is 0 Å². The number of aromatic nitrogens is 4. The Labute approximate surface area is 134 Å². The van der Waals surface area contributed by atoms with Gasteiger partial charge in [0, 0.05) is 25.2 Å². The summed E-state index contributed by atoms with van der Waals surface area (Å²) in [5, 5.41) is 1.03. The molecule has 0 saturated heterocycles. The molecule has 0 atom stereocenters. The lowest BCUT2D eigenvalue weighted by Gasteiger charge is -2.12. The van der Waals surface area contributed by atoms with E-state index in [4.69, 9.17) is 10.5 Å². The molecule has 0 amide bonds. The van der Waals surface area contributed by atoms with Crippen LogP contribution in [0.1, 0.15) is 11.5 Å². The Hall–Kier alpha value is -2.96. The molecule has 0 aliphatic heterocycles. The van der Waals surface area contributed by atoms with E-state index in [1.807, 2.05) is 51.4 Å². The number of nitrogens with two attached hydrogens (primary N) is 1. The van der Waals surface area contributed by atoms with Gasteiger partial charge in [-0.2, -0.15) is 15.0 Å². The molecule has 3 rings (SSSR count). The Balaban J connectivity index is 1.88. The van der Waals surface area contributed by atoms with Crippen LogP contribution in [0.5, 0.6) is 5.75 Å². The van der Waals surface area contributed by atoms with E-state index in [1.54, 1.807) is 4.90 Å². The van der Waals surface area contributed by atoms with Gasteiger partial charge in [-0.15, -0.1) is 0 Å². The summed E-state index contributed by atoms with van der Waals surface area (Å²) in [7, 11) is 3.69. The van der Waals surface area contributed by atoms with Crippen molar-refractivity contribution in [3.05, 3.63) is 41.9 Å². The molecule has 0 bridgehead atoms. The maximum atomic E-state index is 5.86. The van der Waals surface area contributed by atoms with Gasteiger partial charge in [0.1, 0.15) is 17.9 Å². The van der Waals surface area contributed by atoms with Crippen LogP contribution in [-0.2, 0) is 6.61 Å². The first kappa shape index (κ1) is 15.0. The zero-order valence-electron chi connectivity index (χ0n) is 13.3. The van der Waals surface area contributed by atoms with E-state index in [9.17, 15) is 0 Å². The molecule has 0 aliphatic carbocycles. The number of rotatable bonds is 4. The fraction of sp³-hybridized carbons (Fsp3) is 0.250. The topological polar surface area (TPSA) is 90.0 Å². The highest BCUT2D eigenvalue weighted by Gasteiger charge is 2.09. The predicted molar refractivity (Wildman–Crippen MR) is 89.4 cm³/mol. The van der Waals surface area contributed by atoms with Gasteiger partial charge in [-0.1, -0.05) is 18.2 Å². The first-order chi connectivity index (χ1) is 11.0. The average Bonchev–Trinajstić information content (AvgIpc) is 2.52. The van der Waals surface area contributed by atoms with Crippen molar-refractivity contribution in [2.75, 3.05) is 24.7 Å². The van der Waals surface area contributed by atoms with Gasteiger partial charge in [0.2, 0.25) is 11.9 Å². The van der Waals surface area contributed by atoms with E-state index in [-0.39, 0.29) is 12.6 Å². The Morgan fingerprint density at radius 2 is 1.87 bits per heavy atom. The van der Waals surface area contributed by atoms with Gasteiger partial charge in [0.25, 0.3) is 0 Å². The first-order valence-corrected chi connectivity index (χ1v) is 7.20. The number of fused-ring (bicyclic) bond motifs is 1. The molecule has 2 aromatic heterocycles. The fourth-order valence-corrected chi connectivity index (χ4v) is 2.17. The molecule has 2 heterocycles. The molecule has 7 nitrogen and oxygen atoms in total. The summed E-state index contributed by atoms with van der Waals surface area (Å²) >= 11 is 0. The average molecular weight is 310 g/mol. The van der Waals surface area contributed by atoms with Crippen molar-refractivity contribution in [2.45, 2.75) is 13.5 Å². The van der Waals surface area contributed by atoms with Gasteiger partial charge in [-0.3, -0.25) is 0 Å². The van der Waals surface area contributed by atoms with Crippen LogP contribution in [0.25, 0.3) is 10.9 Å². The van der Waals surface area contributed by atoms with Crippen LogP contribution in [0.2, 0.25) is 0 Å². The molecule has 2 N–H and O–H groups in total. The number of para-hydroxylation sites is 1. The minimum atomic E-state index is 0.175. The van der Waals surface area contributed by atoms with Gasteiger partial charge >= 0.3 is 0 Å². The van der Waals surface area contributed by atoms with Crippen LogP contribution in [0, 0.1) is 6.92 Å². The van der Waals surface area contributed by atoms with Crippen molar-refractivity contribution < 1.29 is 4.74 Å². The molecule has 23 heavy (non-hydrogen) atoms. The van der Waals surface area contributed by atoms with Crippen LogP contribution < -0.4 is 15.4 Å². The third-order valence-corrected chi connectivity index (χ3v) is 3.27. The third-order valence-electron chi connectivity index (χ3n) is 3.27. The normalized spacial score (nSPS) is 10.7. The van der Waals surface area contributed by atoms with Crippen LogP contribution in [-0.4, -0.2) is 34.0 Å². The maximum absolute atomic E-state index is 5.86. The lowest BCUT2D eigenvalue weighted by Crippen LogP contribution is -2.17. The summed E-state index contributed by atoms with van der Waals surface area (Å²) in [5.41, 5.74) is 7.48. The molecule has 3 aromatic rings. The van der Waals surface area contributed by atoms with Gasteiger partial charge in [0.15, 0.2) is 5.82 Å². The monoisotopic (exact) mass is 310 g/mol. The van der Waals surface area contributed by atoms with E-state index in [1.165, 1.54) is 0 Å². The van der Waals surface area contributed by atoms with Crippen molar-refractivity contribution >= 4 is 22.8 Å². The Kier molecular flexibility index (Phi) is 3.92. The van der Waals surface area contributed by atoms with Crippen LogP contribution in [0.4, 0.5) is 11.9 Å². The second-order valence-corrected chi connectivity index (χ2v) is 5.37. The molecule has 0 spiro atoms. The van der Waals surface area contributed by atoms with E-state index in [0.717, 1.165) is 16.6 Å². The minimum absolute atomic E-state index is 0.175. The molecule has 1 aromatic carbocycles. The lowest BCUT2D eigenvalue weighted by atomic mass is 10.2. The van der Waals surface area contributed by atoms with E-state index in [2.05, 4.69) is 19.9 Å². The quantitative estimate of drug-likeness (QED) is 0.787. The molecular weight excluding hydrogens is 292 g/mol. The van der Waals surface area contributed by atoms with Crippen molar-refractivity contribution in [1.29, 1.82) is 0 Å². The van der Waals surface area contributed by atoms with Crippen molar-refractivity contribution in [3.8, 4) is 5.75 Å². The van der Waals surface area contributed by atoms with Gasteiger partial charge < -0.3 is 15.4 Å². The van der Waals surface area contributed by atoms with E-state index < -0.39 is 0 Å². The van der Waals surface area contributed by atoms with Gasteiger partial charge in [-0.05, 0) is 19.1 Å². The molecule has 0 fully saturated rings. The molecule has 0 saturated carbocycles. The zero-order valence-corrected chi connectivity index (χ0v) is 13.3. The molecule has 0 unspecified atom stereocenters. The number of benzene rings is 1. The summed E-state index contributed by atoms with van der Waals surface area (Å²) in [4.78, 5) is 18.8. The second kappa shape index (κ2) is 6.04. The Morgan fingerprint density at radius 1 is 1.04 bits per heavy atom. The minimum Gasteiger partial charge on any atom is -0.483 e. The van der Waals surface area contributed by atoms with Crippen LogP contribution in [0.3, 0.4) is 0 Å². The lowest BCUT2D eigenvalue weighted by molar-refractivity contribution is 0.298. The smallest absolute Gasteiger partial charge is 0.230 e. The Morgan fingerprint density at radius 3 is 2.65 bits per heavy atom. The summed E-state index contributed by atoms with van der Waals surface area (Å²) in [6.45, 7) is 2.15. The molecule has 0 radical (unpaired) electrons. The van der Waals surface area contributed by atoms with Gasteiger partial charge in [-0.25, -0.2) is 4.98 Å². The van der Waals surface area contributed by atoms with E-state index >= 15 is 0 Å². The fourth-order valence-electron chi connectivity index (χ4n) is 2.17. The predicted octanol–water partition coefficient (Wildman–Crippen LogP) is 1.96. The van der Waals surface area contributed by atoms with Crippen LogP contribution >= 0.6 is 0 Å². The first-order valence-electron chi connectivity index (χ1n) is 7.20. The summed E-state index contributed by atoms with van der Waals surface area (Å²) in [6.07, 6.45) is 0. The van der Waals surface area contributed by atoms with Crippen molar-refractivity contribution in [2.24, 2.45) is 0 Å². The number of pyridine rings is 1. The zero-order chi connectivity index (χ0) is 16.4. The molecule has 0 aliphatic rings. The number of anilines is 2. The number of nitrogens with zero attached hydrogens (tertiary/aromatic N) is 5. The Bertz CT molecular complexity index is 849. The highest BCUT2D eigenvalue weighted by molar-refractivity contribution is 5.84. The number of aryl methyl sites for hydroxylation is 1. The van der Waals surface area contributed by atoms with Crippen LogP contribution in [0.15, 0.2) is 30.3 Å². The number of hydrogen-bond acceptors (Lipinski definition) is 7. The van der Waals surface area contributed by atoms with Crippen molar-refractivity contribution in [3.63, 3.8) is 0 Å². The summed E-state index contributed by atoms with van der Waals surface area (Å²) in [6, 6.07) is 9.81. The number of hydrogen-bond donors (Lipinski definition) is 1. The largest absolute Gasteiger partial charge is 0.483 e.